The second-order valence-corrected chi connectivity index (χ2v) is 6.60. The van der Waals surface area contributed by atoms with Gasteiger partial charge in [0.25, 0.3) is 5.91 Å². The SMILES string of the molecule is Cc1ccc([C@@H]2Nc3ccccc3C(=O)N2C[C@@H]2CCCO2)cc1. The molecular weight excluding hydrogens is 300 g/mol. The smallest absolute Gasteiger partial charge is 0.257 e. The minimum atomic E-state index is -0.155. The van der Waals surface area contributed by atoms with E-state index in [9.17, 15) is 4.79 Å². The molecule has 4 rings (SSSR count). The summed E-state index contributed by atoms with van der Waals surface area (Å²) in [5.74, 6) is 0.0745. The first-order valence-electron chi connectivity index (χ1n) is 8.57. The van der Waals surface area contributed by atoms with Crippen molar-refractivity contribution in [2.24, 2.45) is 0 Å². The molecule has 1 saturated heterocycles. The zero-order valence-corrected chi connectivity index (χ0v) is 13.9. The molecular formula is C20H22N2O2. The molecule has 1 N–H and O–H groups in total. The van der Waals surface area contributed by atoms with E-state index in [2.05, 4.69) is 36.5 Å². The second-order valence-electron chi connectivity index (χ2n) is 6.60. The van der Waals surface area contributed by atoms with E-state index in [1.54, 1.807) is 0 Å². The first kappa shape index (κ1) is 15.2. The number of carbonyl (C=O) groups is 1. The normalized spacial score (nSPS) is 23.0. The maximum Gasteiger partial charge on any atom is 0.257 e. The maximum absolute atomic E-state index is 13.1. The molecule has 2 aromatic carbocycles. The number of nitrogens with one attached hydrogen (secondary N) is 1. The fraction of sp³-hybridized carbons (Fsp3) is 0.350. The molecule has 0 saturated carbocycles. The van der Waals surface area contributed by atoms with E-state index >= 15 is 0 Å². The standard InChI is InChI=1S/C20H22N2O2/c1-14-8-10-15(11-9-14)19-21-18-7-3-2-6-17(18)20(23)22(19)13-16-5-4-12-24-16/h2-3,6-11,16,19,21H,4-5,12-13H2,1H3/t16-,19+/m0/s1. The molecule has 124 valence electrons. The molecule has 1 fully saturated rings. The summed E-state index contributed by atoms with van der Waals surface area (Å²) in [6.45, 7) is 3.49. The van der Waals surface area contributed by atoms with E-state index in [1.165, 1.54) is 5.56 Å². The van der Waals surface area contributed by atoms with Gasteiger partial charge in [0.05, 0.1) is 11.7 Å². The molecule has 0 spiro atoms. The van der Waals surface area contributed by atoms with Gasteiger partial charge >= 0.3 is 0 Å². The summed E-state index contributed by atoms with van der Waals surface area (Å²) in [5.41, 5.74) is 3.95. The summed E-state index contributed by atoms with van der Waals surface area (Å²) in [6.07, 6.45) is 2.07. The Morgan fingerprint density at radius 2 is 1.96 bits per heavy atom. The number of amides is 1. The summed E-state index contributed by atoms with van der Waals surface area (Å²) in [6, 6.07) is 16.1. The van der Waals surface area contributed by atoms with Gasteiger partial charge in [-0.3, -0.25) is 4.79 Å². The van der Waals surface area contributed by atoms with E-state index in [0.717, 1.165) is 36.3 Å². The van der Waals surface area contributed by atoms with E-state index < -0.39 is 0 Å². The number of anilines is 1. The largest absolute Gasteiger partial charge is 0.376 e. The second kappa shape index (κ2) is 6.29. The highest BCUT2D eigenvalue weighted by Gasteiger charge is 2.35. The Balaban J connectivity index is 1.70. The molecule has 2 heterocycles. The molecule has 4 nitrogen and oxygen atoms in total. The third-order valence-electron chi connectivity index (χ3n) is 4.84. The van der Waals surface area contributed by atoms with Crippen molar-refractivity contribution >= 4 is 11.6 Å². The highest BCUT2D eigenvalue weighted by Crippen LogP contribution is 2.34. The van der Waals surface area contributed by atoms with E-state index in [4.69, 9.17) is 4.74 Å². The number of hydrogen-bond acceptors (Lipinski definition) is 3. The maximum atomic E-state index is 13.1. The summed E-state index contributed by atoms with van der Waals surface area (Å²) in [4.78, 5) is 15.0. The molecule has 0 aromatic heterocycles. The Bertz CT molecular complexity index is 736. The van der Waals surface area contributed by atoms with Crippen molar-refractivity contribution in [1.82, 2.24) is 4.90 Å². The summed E-state index contributed by atoms with van der Waals surface area (Å²) in [7, 11) is 0. The zero-order chi connectivity index (χ0) is 16.5. The molecule has 1 amide bonds. The highest BCUT2D eigenvalue weighted by molar-refractivity contribution is 6.01. The van der Waals surface area contributed by atoms with Crippen LogP contribution in [0.1, 0.15) is 40.5 Å². The van der Waals surface area contributed by atoms with Crippen LogP contribution in [-0.4, -0.2) is 30.1 Å². The third-order valence-corrected chi connectivity index (χ3v) is 4.84. The molecule has 24 heavy (non-hydrogen) atoms. The van der Waals surface area contributed by atoms with E-state index in [1.807, 2.05) is 29.2 Å². The predicted molar refractivity (Wildman–Crippen MR) is 94.0 cm³/mol. The number of nitrogens with zero attached hydrogens (tertiary/aromatic N) is 1. The fourth-order valence-corrected chi connectivity index (χ4v) is 3.50. The van der Waals surface area contributed by atoms with Gasteiger partial charge in [0.15, 0.2) is 0 Å². The van der Waals surface area contributed by atoms with Crippen LogP contribution < -0.4 is 5.32 Å². The molecule has 2 aliphatic heterocycles. The Hall–Kier alpha value is -2.33. The van der Waals surface area contributed by atoms with Gasteiger partial charge in [0.1, 0.15) is 6.17 Å². The highest BCUT2D eigenvalue weighted by atomic mass is 16.5. The van der Waals surface area contributed by atoms with Crippen molar-refractivity contribution in [3.8, 4) is 0 Å². The minimum absolute atomic E-state index is 0.0745. The molecule has 0 aliphatic carbocycles. The lowest BCUT2D eigenvalue weighted by Gasteiger charge is -2.39. The van der Waals surface area contributed by atoms with Crippen molar-refractivity contribution in [3.05, 3.63) is 65.2 Å². The Morgan fingerprint density at radius 1 is 1.17 bits per heavy atom. The van der Waals surface area contributed by atoms with Crippen LogP contribution >= 0.6 is 0 Å². The van der Waals surface area contributed by atoms with E-state index in [0.29, 0.717) is 6.54 Å². The van der Waals surface area contributed by atoms with Gasteiger partial charge in [-0.1, -0.05) is 42.0 Å². The molecule has 2 aliphatic rings. The van der Waals surface area contributed by atoms with Crippen LogP contribution in [0.15, 0.2) is 48.5 Å². The Labute approximate surface area is 142 Å². The van der Waals surface area contributed by atoms with Gasteiger partial charge in [0, 0.05) is 18.8 Å². The van der Waals surface area contributed by atoms with Gasteiger partial charge in [-0.25, -0.2) is 0 Å². The predicted octanol–water partition coefficient (Wildman–Crippen LogP) is 3.74. The number of carbonyl (C=O) groups excluding carboxylic acids is 1. The lowest BCUT2D eigenvalue weighted by atomic mass is 10.0. The quantitative estimate of drug-likeness (QED) is 0.936. The summed E-state index contributed by atoms with van der Waals surface area (Å²) < 4.78 is 5.77. The number of aryl methyl sites for hydroxylation is 1. The topological polar surface area (TPSA) is 41.6 Å². The van der Waals surface area contributed by atoms with Gasteiger partial charge in [-0.15, -0.1) is 0 Å². The molecule has 2 aromatic rings. The monoisotopic (exact) mass is 322 g/mol. The van der Waals surface area contributed by atoms with Crippen LogP contribution in [-0.2, 0) is 4.74 Å². The van der Waals surface area contributed by atoms with Crippen LogP contribution in [0.3, 0.4) is 0 Å². The first-order chi connectivity index (χ1) is 11.7. The van der Waals surface area contributed by atoms with Crippen molar-refractivity contribution in [2.45, 2.75) is 32.0 Å². The summed E-state index contributed by atoms with van der Waals surface area (Å²) >= 11 is 0. The number of hydrogen-bond donors (Lipinski definition) is 1. The van der Waals surface area contributed by atoms with Crippen LogP contribution in [0.5, 0.6) is 0 Å². The van der Waals surface area contributed by atoms with Crippen LogP contribution in [0, 0.1) is 6.92 Å². The van der Waals surface area contributed by atoms with E-state index in [-0.39, 0.29) is 18.2 Å². The van der Waals surface area contributed by atoms with Crippen LogP contribution in [0.4, 0.5) is 5.69 Å². The Morgan fingerprint density at radius 3 is 2.71 bits per heavy atom. The third kappa shape index (κ3) is 2.78. The Kier molecular flexibility index (Phi) is 3.98. The zero-order valence-electron chi connectivity index (χ0n) is 13.9. The van der Waals surface area contributed by atoms with Crippen molar-refractivity contribution < 1.29 is 9.53 Å². The van der Waals surface area contributed by atoms with Gasteiger partial charge < -0.3 is 15.0 Å². The fourth-order valence-electron chi connectivity index (χ4n) is 3.50. The molecule has 2 atom stereocenters. The number of benzene rings is 2. The van der Waals surface area contributed by atoms with Crippen molar-refractivity contribution in [2.75, 3.05) is 18.5 Å². The molecule has 0 radical (unpaired) electrons. The van der Waals surface area contributed by atoms with Crippen molar-refractivity contribution in [1.29, 1.82) is 0 Å². The summed E-state index contributed by atoms with van der Waals surface area (Å²) in [5, 5.41) is 3.54. The number of fused-ring (bicyclic) bond motifs is 1. The van der Waals surface area contributed by atoms with Gasteiger partial charge in [-0.05, 0) is 37.5 Å². The number of ether oxygens (including phenoxy) is 1. The lowest BCUT2D eigenvalue weighted by Crippen LogP contribution is -2.46. The minimum Gasteiger partial charge on any atom is -0.376 e. The first-order valence-corrected chi connectivity index (χ1v) is 8.57. The average molecular weight is 322 g/mol. The van der Waals surface area contributed by atoms with Crippen LogP contribution in [0.25, 0.3) is 0 Å². The lowest BCUT2D eigenvalue weighted by molar-refractivity contribution is 0.0427. The molecule has 4 heteroatoms. The van der Waals surface area contributed by atoms with Gasteiger partial charge in [0.2, 0.25) is 0 Å². The molecule has 0 unspecified atom stereocenters. The van der Waals surface area contributed by atoms with Crippen LogP contribution in [0.2, 0.25) is 0 Å². The average Bonchev–Trinajstić information content (AvgIpc) is 3.11. The van der Waals surface area contributed by atoms with Crippen molar-refractivity contribution in [3.63, 3.8) is 0 Å². The van der Waals surface area contributed by atoms with Gasteiger partial charge in [-0.2, -0.15) is 0 Å². The molecule has 0 bridgehead atoms. The number of rotatable bonds is 3. The number of para-hydroxylation sites is 1.